The van der Waals surface area contributed by atoms with Crippen LogP contribution in [0.15, 0.2) is 41.3 Å². The highest BCUT2D eigenvalue weighted by atomic mass is 16.5. The third-order valence-corrected chi connectivity index (χ3v) is 4.84. The molecule has 1 amide bonds. The second kappa shape index (κ2) is 8.77. The molecule has 4 aromatic rings. The summed E-state index contributed by atoms with van der Waals surface area (Å²) < 4.78 is 6.88. The van der Waals surface area contributed by atoms with Crippen molar-refractivity contribution in [3.63, 3.8) is 0 Å². The first-order valence-electron chi connectivity index (χ1n) is 10.4. The molecule has 0 saturated heterocycles. The Labute approximate surface area is 190 Å². The highest BCUT2D eigenvalue weighted by Crippen LogP contribution is 2.21. The van der Waals surface area contributed by atoms with E-state index in [-0.39, 0.29) is 17.1 Å². The van der Waals surface area contributed by atoms with Crippen molar-refractivity contribution in [3.8, 4) is 11.4 Å². The van der Waals surface area contributed by atoms with Crippen molar-refractivity contribution < 1.29 is 9.32 Å². The molecular weight excluding hydrogens is 422 g/mol. The molecule has 0 aliphatic heterocycles. The van der Waals surface area contributed by atoms with E-state index in [1.54, 1.807) is 4.68 Å². The number of benzene rings is 1. The molecule has 0 aliphatic rings. The molecule has 0 spiro atoms. The van der Waals surface area contributed by atoms with Crippen LogP contribution in [-0.4, -0.2) is 40.8 Å². The van der Waals surface area contributed by atoms with Gasteiger partial charge in [-0.2, -0.15) is 15.1 Å². The summed E-state index contributed by atoms with van der Waals surface area (Å²) in [5.41, 5.74) is 2.45. The zero-order chi connectivity index (χ0) is 23.6. The maximum absolute atomic E-state index is 12.4. The van der Waals surface area contributed by atoms with Crippen molar-refractivity contribution >= 4 is 17.7 Å². The number of anilines is 2. The predicted molar refractivity (Wildman–Crippen MR) is 121 cm³/mol. The van der Waals surface area contributed by atoms with Gasteiger partial charge in [-0.3, -0.25) is 9.48 Å². The Balaban J connectivity index is 1.43. The van der Waals surface area contributed by atoms with Gasteiger partial charge in [-0.25, -0.2) is 9.97 Å². The van der Waals surface area contributed by atoms with Crippen LogP contribution in [0, 0.1) is 6.92 Å². The molecule has 2 N–H and O–H groups in total. The maximum atomic E-state index is 12.4. The molecule has 1 aromatic carbocycles. The fraction of sp³-hybridized carbons (Fsp3) is 0.318. The molecule has 11 heteroatoms. The Morgan fingerprint density at radius 3 is 2.64 bits per heavy atom. The standard InChI is InChI=1S/C22H25N9O2/c1-13-10-14(17-24-12-25-21(28-17)26-16-8-9-31(5)29-16)6-7-15(13)11-23-19(32)18-27-20(33-30-18)22(2,3)4/h6-10,12H,11H2,1-5H3,(H,23,32)(H,24,25,26,28,29). The lowest BCUT2D eigenvalue weighted by Gasteiger charge is -2.10. The number of carbonyl (C=O) groups excluding carboxylic acids is 1. The molecule has 3 aromatic heterocycles. The Morgan fingerprint density at radius 2 is 1.97 bits per heavy atom. The SMILES string of the molecule is Cc1cc(-c2ncnc(Nc3ccn(C)n3)n2)ccc1CNC(=O)c1noc(C(C)(C)C)n1. The summed E-state index contributed by atoms with van der Waals surface area (Å²) in [7, 11) is 1.84. The Kier molecular flexibility index (Phi) is 5.86. The summed E-state index contributed by atoms with van der Waals surface area (Å²) in [6, 6.07) is 7.63. The van der Waals surface area contributed by atoms with Gasteiger partial charge < -0.3 is 15.2 Å². The third kappa shape index (κ3) is 5.20. The maximum Gasteiger partial charge on any atom is 0.292 e. The first kappa shape index (κ1) is 22.1. The van der Waals surface area contributed by atoms with E-state index in [9.17, 15) is 4.79 Å². The van der Waals surface area contributed by atoms with Crippen molar-refractivity contribution in [1.82, 2.24) is 40.2 Å². The normalized spacial score (nSPS) is 11.4. The van der Waals surface area contributed by atoms with Crippen molar-refractivity contribution in [3.05, 3.63) is 59.6 Å². The molecule has 170 valence electrons. The number of carbonyl (C=O) groups is 1. The Morgan fingerprint density at radius 1 is 1.15 bits per heavy atom. The van der Waals surface area contributed by atoms with Crippen molar-refractivity contribution in [2.24, 2.45) is 7.05 Å². The summed E-state index contributed by atoms with van der Waals surface area (Å²) >= 11 is 0. The van der Waals surface area contributed by atoms with E-state index in [0.29, 0.717) is 30.0 Å². The van der Waals surface area contributed by atoms with Gasteiger partial charge in [0.15, 0.2) is 11.6 Å². The lowest BCUT2D eigenvalue weighted by Crippen LogP contribution is -2.24. The van der Waals surface area contributed by atoms with Crippen molar-refractivity contribution in [2.45, 2.75) is 39.7 Å². The van der Waals surface area contributed by atoms with E-state index in [1.807, 2.05) is 65.2 Å². The number of hydrogen-bond donors (Lipinski definition) is 2. The van der Waals surface area contributed by atoms with E-state index in [2.05, 4.69) is 40.8 Å². The quantitative estimate of drug-likeness (QED) is 0.457. The van der Waals surface area contributed by atoms with Crippen LogP contribution in [0.25, 0.3) is 11.4 Å². The van der Waals surface area contributed by atoms with E-state index < -0.39 is 0 Å². The molecule has 0 atom stereocenters. The van der Waals surface area contributed by atoms with Crippen LogP contribution in [0.4, 0.5) is 11.8 Å². The fourth-order valence-electron chi connectivity index (χ4n) is 3.00. The number of rotatable bonds is 6. The first-order valence-corrected chi connectivity index (χ1v) is 10.4. The zero-order valence-corrected chi connectivity index (χ0v) is 19.1. The lowest BCUT2D eigenvalue weighted by atomic mass is 9.97. The van der Waals surface area contributed by atoms with Crippen LogP contribution in [0.2, 0.25) is 0 Å². The molecule has 0 radical (unpaired) electrons. The van der Waals surface area contributed by atoms with Gasteiger partial charge in [0, 0.05) is 36.8 Å². The molecule has 33 heavy (non-hydrogen) atoms. The molecule has 3 heterocycles. The summed E-state index contributed by atoms with van der Waals surface area (Å²) in [6.07, 6.45) is 3.28. The van der Waals surface area contributed by atoms with Gasteiger partial charge in [0.1, 0.15) is 6.33 Å². The van der Waals surface area contributed by atoms with E-state index in [4.69, 9.17) is 4.52 Å². The molecule has 0 fully saturated rings. The van der Waals surface area contributed by atoms with Crippen LogP contribution < -0.4 is 10.6 Å². The molecule has 4 rings (SSSR count). The summed E-state index contributed by atoms with van der Waals surface area (Å²) in [6.45, 7) is 8.12. The van der Waals surface area contributed by atoms with Crippen molar-refractivity contribution in [2.75, 3.05) is 5.32 Å². The number of aryl methyl sites for hydroxylation is 2. The van der Waals surface area contributed by atoms with Gasteiger partial charge in [0.05, 0.1) is 0 Å². The van der Waals surface area contributed by atoms with Gasteiger partial charge in [0.25, 0.3) is 11.7 Å². The van der Waals surface area contributed by atoms with Gasteiger partial charge in [-0.05, 0) is 24.1 Å². The van der Waals surface area contributed by atoms with Crippen LogP contribution >= 0.6 is 0 Å². The van der Waals surface area contributed by atoms with E-state index in [1.165, 1.54) is 6.33 Å². The van der Waals surface area contributed by atoms with Crippen LogP contribution in [0.1, 0.15) is 48.4 Å². The fourth-order valence-corrected chi connectivity index (χ4v) is 3.00. The summed E-state index contributed by atoms with van der Waals surface area (Å²) in [5, 5.41) is 13.9. The number of nitrogens with zero attached hydrogens (tertiary/aromatic N) is 7. The second-order valence-electron chi connectivity index (χ2n) is 8.63. The van der Waals surface area contributed by atoms with Crippen LogP contribution in [-0.2, 0) is 19.0 Å². The summed E-state index contributed by atoms with van der Waals surface area (Å²) in [4.78, 5) is 29.5. The van der Waals surface area contributed by atoms with Gasteiger partial charge in [0.2, 0.25) is 11.8 Å². The number of aromatic nitrogens is 7. The Bertz CT molecular complexity index is 1290. The van der Waals surface area contributed by atoms with Gasteiger partial charge in [-0.15, -0.1) is 0 Å². The minimum Gasteiger partial charge on any atom is -0.345 e. The number of nitrogens with one attached hydrogen (secondary N) is 2. The minimum absolute atomic E-state index is 0.0207. The predicted octanol–water partition coefficient (Wildman–Crippen LogP) is 2.93. The number of amides is 1. The highest BCUT2D eigenvalue weighted by molar-refractivity contribution is 5.90. The monoisotopic (exact) mass is 447 g/mol. The molecule has 0 saturated carbocycles. The first-order chi connectivity index (χ1) is 15.7. The largest absolute Gasteiger partial charge is 0.345 e. The molecule has 0 bridgehead atoms. The van der Waals surface area contributed by atoms with Crippen molar-refractivity contribution in [1.29, 1.82) is 0 Å². The second-order valence-corrected chi connectivity index (χ2v) is 8.63. The van der Waals surface area contributed by atoms with Crippen LogP contribution in [0.3, 0.4) is 0 Å². The highest BCUT2D eigenvalue weighted by Gasteiger charge is 2.24. The Hall–Kier alpha value is -4.15. The summed E-state index contributed by atoms with van der Waals surface area (Å²) in [5.74, 6) is 1.63. The average molecular weight is 448 g/mol. The van der Waals surface area contributed by atoms with Gasteiger partial charge in [-0.1, -0.05) is 38.1 Å². The molecular formula is C22H25N9O2. The molecule has 0 aliphatic carbocycles. The van der Waals surface area contributed by atoms with Gasteiger partial charge >= 0.3 is 0 Å². The third-order valence-electron chi connectivity index (χ3n) is 4.84. The topological polar surface area (TPSA) is 137 Å². The molecule has 0 unspecified atom stereocenters. The minimum atomic E-state index is -0.388. The van der Waals surface area contributed by atoms with Crippen LogP contribution in [0.5, 0.6) is 0 Å². The van der Waals surface area contributed by atoms with E-state index >= 15 is 0 Å². The zero-order valence-electron chi connectivity index (χ0n) is 19.1. The number of hydrogen-bond acceptors (Lipinski definition) is 9. The lowest BCUT2D eigenvalue weighted by molar-refractivity contribution is 0.0937. The smallest absolute Gasteiger partial charge is 0.292 e. The van der Waals surface area contributed by atoms with E-state index in [0.717, 1.165) is 16.7 Å². The average Bonchev–Trinajstić information content (AvgIpc) is 3.42. The molecule has 11 nitrogen and oxygen atoms in total.